The Morgan fingerprint density at radius 2 is 2.05 bits per heavy atom. The van der Waals surface area contributed by atoms with Crippen LogP contribution >= 0.6 is 11.3 Å². The van der Waals surface area contributed by atoms with Gasteiger partial charge in [-0.1, -0.05) is 0 Å². The van der Waals surface area contributed by atoms with Crippen LogP contribution in [0.5, 0.6) is 5.75 Å². The fourth-order valence-corrected chi connectivity index (χ4v) is 4.12. The maximum atomic E-state index is 13.6. The van der Waals surface area contributed by atoms with E-state index < -0.39 is 15.8 Å². The van der Waals surface area contributed by atoms with Crippen LogP contribution in [0.1, 0.15) is 4.88 Å². The molecule has 0 spiro atoms. The first kappa shape index (κ1) is 15.7. The molecule has 0 saturated carbocycles. The van der Waals surface area contributed by atoms with E-state index in [1.807, 2.05) is 0 Å². The number of hydrogen-bond acceptors (Lipinski definition) is 5. The molecule has 0 fully saturated rings. The number of rotatable bonds is 6. The molecule has 1 aromatic carbocycles. The number of halogens is 1. The minimum absolute atomic E-state index is 0.0605. The number of methoxy groups -OCH3 is 1. The first-order chi connectivity index (χ1) is 9.96. The van der Waals surface area contributed by atoms with Crippen molar-refractivity contribution in [2.75, 3.05) is 18.9 Å². The molecule has 0 atom stereocenters. The quantitative estimate of drug-likeness (QED) is 0.853. The highest BCUT2D eigenvalue weighted by atomic mass is 32.2. The highest BCUT2D eigenvalue weighted by molar-refractivity contribution is 7.94. The molecule has 0 bridgehead atoms. The van der Waals surface area contributed by atoms with Gasteiger partial charge in [-0.25, -0.2) is 12.8 Å². The summed E-state index contributed by atoms with van der Waals surface area (Å²) in [4.78, 5) is 0.902. The predicted octanol–water partition coefficient (Wildman–Crippen LogP) is 2.42. The lowest BCUT2D eigenvalue weighted by Crippen LogP contribution is -2.11. The zero-order valence-electron chi connectivity index (χ0n) is 11.5. The van der Waals surface area contributed by atoms with E-state index >= 15 is 0 Å². The van der Waals surface area contributed by atoms with Crippen molar-refractivity contribution in [2.45, 2.75) is 10.8 Å². The van der Waals surface area contributed by atoms with Crippen molar-refractivity contribution in [3.63, 3.8) is 0 Å². The first-order valence-electron chi connectivity index (χ1n) is 6.06. The molecule has 21 heavy (non-hydrogen) atoms. The van der Waals surface area contributed by atoms with Crippen LogP contribution in [-0.4, -0.2) is 22.6 Å². The van der Waals surface area contributed by atoms with E-state index in [1.54, 1.807) is 13.1 Å². The lowest BCUT2D eigenvalue weighted by atomic mass is 10.3. The van der Waals surface area contributed by atoms with Crippen molar-refractivity contribution in [1.82, 2.24) is 5.32 Å². The number of anilines is 1. The fraction of sp³-hybridized carbons (Fsp3) is 0.231. The molecule has 2 aromatic rings. The largest absolute Gasteiger partial charge is 0.494 e. The van der Waals surface area contributed by atoms with E-state index in [0.717, 1.165) is 22.3 Å². The van der Waals surface area contributed by atoms with E-state index in [-0.39, 0.29) is 15.6 Å². The second-order valence-corrected chi connectivity index (χ2v) is 7.28. The lowest BCUT2D eigenvalue weighted by Gasteiger charge is -2.08. The third kappa shape index (κ3) is 3.72. The number of nitrogens with one attached hydrogen (secondary N) is 2. The van der Waals surface area contributed by atoms with Crippen molar-refractivity contribution in [3.05, 3.63) is 41.0 Å². The Hall–Kier alpha value is -1.64. The van der Waals surface area contributed by atoms with Gasteiger partial charge in [-0.2, -0.15) is 0 Å². The third-order valence-electron chi connectivity index (χ3n) is 2.66. The Morgan fingerprint density at radius 3 is 2.67 bits per heavy atom. The Balaban J connectivity index is 2.22. The van der Waals surface area contributed by atoms with Gasteiger partial charge in [0.1, 0.15) is 4.21 Å². The summed E-state index contributed by atoms with van der Waals surface area (Å²) in [6.07, 6.45) is 0. The molecule has 0 amide bonds. The van der Waals surface area contributed by atoms with Crippen LogP contribution in [0.3, 0.4) is 0 Å². The molecule has 2 rings (SSSR count). The molecular weight excluding hydrogens is 315 g/mol. The highest BCUT2D eigenvalue weighted by Gasteiger charge is 2.17. The number of benzene rings is 1. The average Bonchev–Trinajstić information content (AvgIpc) is 2.88. The Bertz CT molecular complexity index is 729. The summed E-state index contributed by atoms with van der Waals surface area (Å²) in [6, 6.07) is 7.16. The molecule has 0 aliphatic rings. The molecule has 114 valence electrons. The van der Waals surface area contributed by atoms with Gasteiger partial charge in [-0.05, 0) is 31.3 Å². The Labute approximate surface area is 126 Å². The van der Waals surface area contributed by atoms with E-state index in [1.165, 1.54) is 25.3 Å². The van der Waals surface area contributed by atoms with Crippen LogP contribution in [-0.2, 0) is 16.6 Å². The Morgan fingerprint density at radius 1 is 1.29 bits per heavy atom. The van der Waals surface area contributed by atoms with Crippen LogP contribution < -0.4 is 14.8 Å². The van der Waals surface area contributed by atoms with Crippen LogP contribution in [0.2, 0.25) is 0 Å². The van der Waals surface area contributed by atoms with E-state index in [4.69, 9.17) is 4.74 Å². The topological polar surface area (TPSA) is 67.4 Å². The molecule has 1 heterocycles. The zero-order chi connectivity index (χ0) is 15.5. The summed E-state index contributed by atoms with van der Waals surface area (Å²) < 4.78 is 45.3. The molecule has 8 heteroatoms. The number of ether oxygens (including phenoxy) is 1. The van der Waals surface area contributed by atoms with Crippen LogP contribution in [0.15, 0.2) is 34.5 Å². The highest BCUT2D eigenvalue weighted by Crippen LogP contribution is 2.26. The third-order valence-corrected chi connectivity index (χ3v) is 5.62. The minimum Gasteiger partial charge on any atom is -0.494 e. The van der Waals surface area contributed by atoms with Gasteiger partial charge in [0.25, 0.3) is 10.0 Å². The number of hydrogen-bond donors (Lipinski definition) is 2. The molecule has 0 radical (unpaired) electrons. The van der Waals surface area contributed by atoms with Gasteiger partial charge < -0.3 is 10.1 Å². The van der Waals surface area contributed by atoms with Gasteiger partial charge in [0.15, 0.2) is 11.6 Å². The lowest BCUT2D eigenvalue weighted by molar-refractivity contribution is 0.386. The summed E-state index contributed by atoms with van der Waals surface area (Å²) in [6.45, 7) is 0.595. The standard InChI is InChI=1S/C13H15FN2O3S2/c1-15-8-10-4-6-13(20-10)21(17,18)16-9-3-5-12(19-2)11(14)7-9/h3-7,15-16H,8H2,1-2H3. The van der Waals surface area contributed by atoms with E-state index in [9.17, 15) is 12.8 Å². The summed E-state index contributed by atoms with van der Waals surface area (Å²) in [5, 5.41) is 2.95. The molecule has 1 aromatic heterocycles. The maximum Gasteiger partial charge on any atom is 0.271 e. The Kier molecular flexibility index (Phi) is 4.81. The SMILES string of the molecule is CNCc1ccc(S(=O)(=O)Nc2ccc(OC)c(F)c2)s1. The van der Waals surface area contributed by atoms with Crippen molar-refractivity contribution in [1.29, 1.82) is 0 Å². The molecule has 0 unspecified atom stereocenters. The van der Waals surface area contributed by atoms with Crippen LogP contribution in [0, 0.1) is 5.82 Å². The van der Waals surface area contributed by atoms with Crippen LogP contribution in [0.4, 0.5) is 10.1 Å². The van der Waals surface area contributed by atoms with Gasteiger partial charge in [0, 0.05) is 17.5 Å². The molecular formula is C13H15FN2O3S2. The van der Waals surface area contributed by atoms with Gasteiger partial charge in [0.2, 0.25) is 0 Å². The minimum atomic E-state index is -3.71. The van der Waals surface area contributed by atoms with Crippen molar-refractivity contribution in [3.8, 4) is 5.75 Å². The fourth-order valence-electron chi connectivity index (χ4n) is 1.71. The first-order valence-corrected chi connectivity index (χ1v) is 8.36. The summed E-state index contributed by atoms with van der Waals surface area (Å²) >= 11 is 1.16. The second-order valence-electron chi connectivity index (χ2n) is 4.21. The molecule has 0 aliphatic heterocycles. The predicted molar refractivity (Wildman–Crippen MR) is 80.8 cm³/mol. The second kappa shape index (κ2) is 6.42. The van der Waals surface area contributed by atoms with Gasteiger partial charge in [-0.3, -0.25) is 4.72 Å². The summed E-state index contributed by atoms with van der Waals surface area (Å²) in [5.74, 6) is -0.565. The smallest absolute Gasteiger partial charge is 0.271 e. The summed E-state index contributed by atoms with van der Waals surface area (Å²) in [5.41, 5.74) is 0.150. The van der Waals surface area contributed by atoms with Crippen molar-refractivity contribution >= 4 is 27.0 Å². The van der Waals surface area contributed by atoms with E-state index in [2.05, 4.69) is 10.0 Å². The molecule has 0 aliphatic carbocycles. The summed E-state index contributed by atoms with van der Waals surface area (Å²) in [7, 11) is -0.585. The number of sulfonamides is 1. The molecule has 0 saturated heterocycles. The number of thiophene rings is 1. The van der Waals surface area contributed by atoms with Crippen molar-refractivity contribution in [2.24, 2.45) is 0 Å². The zero-order valence-corrected chi connectivity index (χ0v) is 13.1. The van der Waals surface area contributed by atoms with Gasteiger partial charge in [0.05, 0.1) is 12.8 Å². The van der Waals surface area contributed by atoms with Crippen LogP contribution in [0.25, 0.3) is 0 Å². The maximum absolute atomic E-state index is 13.6. The van der Waals surface area contributed by atoms with Crippen molar-refractivity contribution < 1.29 is 17.5 Å². The normalized spacial score (nSPS) is 11.4. The van der Waals surface area contributed by atoms with E-state index in [0.29, 0.717) is 6.54 Å². The molecule has 5 nitrogen and oxygen atoms in total. The van der Waals surface area contributed by atoms with Gasteiger partial charge in [-0.15, -0.1) is 11.3 Å². The monoisotopic (exact) mass is 330 g/mol. The molecule has 2 N–H and O–H groups in total. The average molecular weight is 330 g/mol. The van der Waals surface area contributed by atoms with Gasteiger partial charge >= 0.3 is 0 Å².